The zero-order valence-electron chi connectivity index (χ0n) is 12.6. The molecule has 0 saturated carbocycles. The molecule has 24 heavy (non-hydrogen) atoms. The summed E-state index contributed by atoms with van der Waals surface area (Å²) in [6, 6.07) is 26.3. The largest absolute Gasteiger partial charge is 0.0809 e. The second kappa shape index (κ2) is 6.26. The second-order valence-electron chi connectivity index (χ2n) is 5.45. The summed E-state index contributed by atoms with van der Waals surface area (Å²) >= 11 is 7.52. The minimum absolute atomic E-state index is 1.32. The molecule has 0 amide bonds. The minimum atomic E-state index is 1.32. The fraction of sp³-hybridized carbons (Fsp3) is 0. The van der Waals surface area contributed by atoms with Crippen LogP contribution in [0.15, 0.2) is 92.4 Å². The SMILES string of the molecule is c1ccc2c(c1)SC(=c1ccc(=C3Sc4ccccc4S3)cc1)S2. The number of hydrogen-bond acceptors (Lipinski definition) is 4. The Morgan fingerprint density at radius 3 is 0.958 bits per heavy atom. The molecule has 0 nitrogen and oxygen atoms in total. The van der Waals surface area contributed by atoms with Gasteiger partial charge in [-0.05, 0) is 34.7 Å². The van der Waals surface area contributed by atoms with E-state index in [0.717, 1.165) is 0 Å². The highest BCUT2D eigenvalue weighted by Gasteiger charge is 2.18. The smallest absolute Gasteiger partial charge is 0.0571 e. The summed E-state index contributed by atoms with van der Waals surface area (Å²) in [6.07, 6.45) is 0. The van der Waals surface area contributed by atoms with Crippen LogP contribution in [0.2, 0.25) is 0 Å². The highest BCUT2D eigenvalue weighted by Crippen LogP contribution is 2.52. The summed E-state index contributed by atoms with van der Waals surface area (Å²) in [7, 11) is 0. The van der Waals surface area contributed by atoms with Crippen molar-refractivity contribution in [2.24, 2.45) is 0 Å². The molecule has 2 heterocycles. The van der Waals surface area contributed by atoms with Crippen molar-refractivity contribution in [3.8, 4) is 0 Å². The van der Waals surface area contributed by atoms with Crippen molar-refractivity contribution in [2.75, 3.05) is 0 Å². The highest BCUT2D eigenvalue weighted by molar-refractivity contribution is 8.32. The van der Waals surface area contributed by atoms with Crippen molar-refractivity contribution in [3.05, 3.63) is 83.2 Å². The van der Waals surface area contributed by atoms with E-state index >= 15 is 0 Å². The summed E-state index contributed by atoms with van der Waals surface area (Å²) in [5.74, 6) is 0. The van der Waals surface area contributed by atoms with E-state index in [1.54, 1.807) is 0 Å². The first-order chi connectivity index (χ1) is 11.9. The summed E-state index contributed by atoms with van der Waals surface area (Å²) in [6.45, 7) is 0. The lowest BCUT2D eigenvalue weighted by atomic mass is 10.3. The molecular formula is C20H12S4. The molecule has 0 aromatic heterocycles. The standard InChI is InChI=1S/C20H12S4/c1-2-6-16-15(5-1)21-19(22-16)13-9-11-14(12-10-13)20-23-17-7-3-4-8-18(17)24-20/h1-12H. The average Bonchev–Trinajstić information content (AvgIpc) is 3.25. The molecular weight excluding hydrogens is 368 g/mol. The van der Waals surface area contributed by atoms with Crippen LogP contribution in [0, 0.1) is 0 Å². The summed E-state index contributed by atoms with van der Waals surface area (Å²) in [4.78, 5) is 5.48. The summed E-state index contributed by atoms with van der Waals surface area (Å²) < 4.78 is 2.76. The van der Waals surface area contributed by atoms with Gasteiger partial charge in [-0.25, -0.2) is 0 Å². The van der Waals surface area contributed by atoms with Crippen LogP contribution in [0.1, 0.15) is 0 Å². The van der Waals surface area contributed by atoms with Crippen molar-refractivity contribution >= 4 is 55.5 Å². The lowest BCUT2D eigenvalue weighted by Gasteiger charge is -1.97. The molecule has 0 aliphatic carbocycles. The van der Waals surface area contributed by atoms with Crippen LogP contribution in [0.4, 0.5) is 0 Å². The molecule has 0 atom stereocenters. The third-order valence-electron chi connectivity index (χ3n) is 3.87. The van der Waals surface area contributed by atoms with E-state index in [1.807, 2.05) is 47.0 Å². The molecule has 2 aliphatic rings. The van der Waals surface area contributed by atoms with Crippen molar-refractivity contribution < 1.29 is 0 Å². The van der Waals surface area contributed by atoms with Crippen LogP contribution in [-0.2, 0) is 0 Å². The predicted octanol–water partition coefficient (Wildman–Crippen LogP) is 5.61. The van der Waals surface area contributed by atoms with E-state index in [9.17, 15) is 0 Å². The Balaban J connectivity index is 1.52. The molecule has 0 spiro atoms. The Kier molecular flexibility index (Phi) is 3.94. The number of hydrogen-bond donors (Lipinski definition) is 0. The predicted molar refractivity (Wildman–Crippen MR) is 109 cm³/mol. The van der Waals surface area contributed by atoms with Gasteiger partial charge in [-0.1, -0.05) is 95.6 Å². The first-order valence-electron chi connectivity index (χ1n) is 7.61. The lowest BCUT2D eigenvalue weighted by molar-refractivity contribution is 1.27. The number of fused-ring (bicyclic) bond motifs is 2. The first kappa shape index (κ1) is 15.1. The molecule has 3 aromatic rings. The third-order valence-corrected chi connectivity index (χ3v) is 9.11. The van der Waals surface area contributed by atoms with Crippen LogP contribution >= 0.6 is 47.0 Å². The average molecular weight is 381 g/mol. The van der Waals surface area contributed by atoms with Crippen LogP contribution in [0.5, 0.6) is 0 Å². The number of thioether (sulfide) groups is 4. The maximum atomic E-state index is 2.26. The van der Waals surface area contributed by atoms with Gasteiger partial charge >= 0.3 is 0 Å². The molecule has 5 rings (SSSR count). The van der Waals surface area contributed by atoms with E-state index < -0.39 is 0 Å². The molecule has 0 N–H and O–H groups in total. The molecule has 0 bridgehead atoms. The maximum Gasteiger partial charge on any atom is 0.0571 e. The van der Waals surface area contributed by atoms with Gasteiger partial charge in [0.05, 0.1) is 8.47 Å². The fourth-order valence-corrected chi connectivity index (χ4v) is 7.64. The van der Waals surface area contributed by atoms with E-state index in [2.05, 4.69) is 72.8 Å². The van der Waals surface area contributed by atoms with Crippen LogP contribution in [-0.4, -0.2) is 0 Å². The Morgan fingerprint density at radius 1 is 0.375 bits per heavy atom. The molecule has 4 heteroatoms. The Morgan fingerprint density at radius 2 is 0.667 bits per heavy atom. The molecule has 0 unspecified atom stereocenters. The Hall–Kier alpha value is -1.20. The normalized spacial score (nSPS) is 15.5. The minimum Gasteiger partial charge on any atom is -0.0809 e. The van der Waals surface area contributed by atoms with E-state index in [-0.39, 0.29) is 0 Å². The second-order valence-corrected chi connectivity index (χ2v) is 10.2. The zero-order chi connectivity index (χ0) is 15.9. The van der Waals surface area contributed by atoms with Crippen molar-refractivity contribution in [3.63, 3.8) is 0 Å². The van der Waals surface area contributed by atoms with Gasteiger partial charge in [0.2, 0.25) is 0 Å². The molecule has 2 aliphatic heterocycles. The van der Waals surface area contributed by atoms with Gasteiger partial charge in [-0.2, -0.15) is 0 Å². The first-order valence-corrected chi connectivity index (χ1v) is 10.9. The molecule has 3 aromatic carbocycles. The monoisotopic (exact) mass is 380 g/mol. The number of rotatable bonds is 0. The quantitative estimate of drug-likeness (QED) is 0.496. The van der Waals surface area contributed by atoms with Crippen molar-refractivity contribution in [1.29, 1.82) is 0 Å². The topological polar surface area (TPSA) is 0 Å². The maximum absolute atomic E-state index is 2.26. The van der Waals surface area contributed by atoms with Crippen LogP contribution in [0.3, 0.4) is 0 Å². The Labute approximate surface area is 157 Å². The summed E-state index contributed by atoms with van der Waals surface area (Å²) in [5, 5.41) is 2.63. The molecule has 0 saturated heterocycles. The van der Waals surface area contributed by atoms with Gasteiger partial charge in [0.15, 0.2) is 0 Å². The molecule has 0 fully saturated rings. The molecule has 116 valence electrons. The van der Waals surface area contributed by atoms with Gasteiger partial charge in [-0.3, -0.25) is 0 Å². The number of benzene rings is 3. The van der Waals surface area contributed by atoms with Gasteiger partial charge < -0.3 is 0 Å². The molecule has 0 radical (unpaired) electrons. The van der Waals surface area contributed by atoms with E-state index in [4.69, 9.17) is 0 Å². The van der Waals surface area contributed by atoms with E-state index in [1.165, 1.54) is 38.5 Å². The van der Waals surface area contributed by atoms with Crippen LogP contribution < -0.4 is 10.4 Å². The Bertz CT molecular complexity index is 905. The zero-order valence-corrected chi connectivity index (χ0v) is 15.8. The van der Waals surface area contributed by atoms with Crippen LogP contribution in [0.25, 0.3) is 8.47 Å². The van der Waals surface area contributed by atoms with Crippen molar-refractivity contribution in [1.82, 2.24) is 0 Å². The van der Waals surface area contributed by atoms with Gasteiger partial charge in [0.25, 0.3) is 0 Å². The lowest BCUT2D eigenvalue weighted by Crippen LogP contribution is -2.08. The van der Waals surface area contributed by atoms with Gasteiger partial charge in [-0.15, -0.1) is 0 Å². The van der Waals surface area contributed by atoms with E-state index in [0.29, 0.717) is 0 Å². The third kappa shape index (κ3) is 2.72. The highest BCUT2D eigenvalue weighted by atomic mass is 32.2. The fourth-order valence-electron chi connectivity index (χ4n) is 2.66. The summed E-state index contributed by atoms with van der Waals surface area (Å²) in [5.41, 5.74) is 0. The van der Waals surface area contributed by atoms with Crippen molar-refractivity contribution in [2.45, 2.75) is 19.6 Å². The van der Waals surface area contributed by atoms with Gasteiger partial charge in [0, 0.05) is 19.6 Å². The van der Waals surface area contributed by atoms with Gasteiger partial charge in [0.1, 0.15) is 0 Å².